The zero-order chi connectivity index (χ0) is 17.7. The van der Waals surface area contributed by atoms with Crippen LogP contribution in [0.4, 0.5) is 0 Å². The van der Waals surface area contributed by atoms with Gasteiger partial charge in [-0.1, -0.05) is 0 Å². The Hall–Kier alpha value is -2.41. The van der Waals surface area contributed by atoms with Gasteiger partial charge in [0.25, 0.3) is 5.91 Å². The number of rotatable bonds is 7. The number of benzene rings is 1. The normalized spacial score (nSPS) is 10.7. The van der Waals surface area contributed by atoms with Crippen molar-refractivity contribution in [2.24, 2.45) is 0 Å². The van der Waals surface area contributed by atoms with Crippen molar-refractivity contribution in [1.82, 2.24) is 9.88 Å². The Balaban J connectivity index is 2.07. The van der Waals surface area contributed by atoms with Crippen molar-refractivity contribution in [2.45, 2.75) is 26.4 Å². The van der Waals surface area contributed by atoms with Crippen molar-refractivity contribution in [2.75, 3.05) is 13.6 Å². The van der Waals surface area contributed by atoms with Gasteiger partial charge in [-0.2, -0.15) is 0 Å². The van der Waals surface area contributed by atoms with Crippen LogP contribution in [0.2, 0.25) is 0 Å². The highest BCUT2D eigenvalue weighted by atomic mass is 32.1. The SMILES string of the molecule is CC(C)Oc1ccc(-c2nc(C(=O)N(C)CCC(=O)O)cs2)cc1. The molecule has 7 heteroatoms. The number of thiazole rings is 1. The van der Waals surface area contributed by atoms with Crippen LogP contribution in [0.3, 0.4) is 0 Å². The summed E-state index contributed by atoms with van der Waals surface area (Å²) in [5.41, 5.74) is 1.23. The predicted octanol–water partition coefficient (Wildman–Crippen LogP) is 3.14. The molecule has 1 heterocycles. The maximum absolute atomic E-state index is 12.2. The molecule has 24 heavy (non-hydrogen) atoms. The molecule has 0 aliphatic carbocycles. The Morgan fingerprint density at radius 3 is 2.54 bits per heavy atom. The quantitative estimate of drug-likeness (QED) is 0.831. The number of nitrogens with zero attached hydrogens (tertiary/aromatic N) is 2. The summed E-state index contributed by atoms with van der Waals surface area (Å²) in [6.45, 7) is 4.09. The van der Waals surface area contributed by atoms with E-state index in [2.05, 4.69) is 4.98 Å². The van der Waals surface area contributed by atoms with Gasteiger partial charge < -0.3 is 14.7 Å². The van der Waals surface area contributed by atoms with Gasteiger partial charge in [-0.25, -0.2) is 4.98 Å². The topological polar surface area (TPSA) is 79.7 Å². The van der Waals surface area contributed by atoms with Crippen molar-refractivity contribution >= 4 is 23.2 Å². The Labute approximate surface area is 144 Å². The van der Waals surface area contributed by atoms with Gasteiger partial charge in [-0.05, 0) is 38.1 Å². The number of aromatic nitrogens is 1. The first-order valence-electron chi connectivity index (χ1n) is 7.56. The van der Waals surface area contributed by atoms with E-state index in [1.54, 1.807) is 12.4 Å². The second kappa shape index (κ2) is 7.92. The number of carbonyl (C=O) groups is 2. The molecule has 2 aromatic rings. The van der Waals surface area contributed by atoms with Crippen LogP contribution in [-0.4, -0.2) is 46.6 Å². The lowest BCUT2D eigenvalue weighted by atomic mass is 10.2. The van der Waals surface area contributed by atoms with E-state index in [4.69, 9.17) is 9.84 Å². The molecule has 0 saturated carbocycles. The molecule has 1 aromatic heterocycles. The molecule has 2 rings (SSSR count). The highest BCUT2D eigenvalue weighted by Crippen LogP contribution is 2.26. The fourth-order valence-corrected chi connectivity index (χ4v) is 2.81. The van der Waals surface area contributed by atoms with Crippen molar-refractivity contribution in [3.8, 4) is 16.3 Å². The molecule has 0 bridgehead atoms. The van der Waals surface area contributed by atoms with Crippen LogP contribution >= 0.6 is 11.3 Å². The monoisotopic (exact) mass is 348 g/mol. The summed E-state index contributed by atoms with van der Waals surface area (Å²) in [7, 11) is 1.57. The van der Waals surface area contributed by atoms with E-state index in [0.717, 1.165) is 16.3 Å². The molecule has 1 N–H and O–H groups in total. The standard InChI is InChI=1S/C17H20N2O4S/c1-11(2)23-13-6-4-12(5-7-13)16-18-14(10-24-16)17(22)19(3)9-8-15(20)21/h4-7,10-11H,8-9H2,1-3H3,(H,20,21). The molecular weight excluding hydrogens is 328 g/mol. The van der Waals surface area contributed by atoms with Crippen LogP contribution in [0.5, 0.6) is 5.75 Å². The second-order valence-electron chi connectivity index (χ2n) is 5.60. The fraction of sp³-hybridized carbons (Fsp3) is 0.353. The van der Waals surface area contributed by atoms with Gasteiger partial charge in [-0.3, -0.25) is 9.59 Å². The second-order valence-corrected chi connectivity index (χ2v) is 6.46. The minimum atomic E-state index is -0.933. The van der Waals surface area contributed by atoms with Gasteiger partial charge >= 0.3 is 5.97 Å². The van der Waals surface area contributed by atoms with E-state index in [1.165, 1.54) is 16.2 Å². The third-order valence-corrected chi connectivity index (χ3v) is 4.10. The zero-order valence-corrected chi connectivity index (χ0v) is 14.7. The van der Waals surface area contributed by atoms with Crippen LogP contribution in [0.1, 0.15) is 30.8 Å². The predicted molar refractivity (Wildman–Crippen MR) is 92.5 cm³/mol. The Bertz CT molecular complexity index is 710. The average molecular weight is 348 g/mol. The van der Waals surface area contributed by atoms with Crippen molar-refractivity contribution < 1.29 is 19.4 Å². The Morgan fingerprint density at radius 1 is 1.29 bits per heavy atom. The third-order valence-electron chi connectivity index (χ3n) is 3.20. The number of carboxylic acid groups (broad SMARTS) is 1. The minimum Gasteiger partial charge on any atom is -0.491 e. The van der Waals surface area contributed by atoms with E-state index >= 15 is 0 Å². The smallest absolute Gasteiger partial charge is 0.305 e. The molecule has 0 atom stereocenters. The van der Waals surface area contributed by atoms with E-state index in [1.807, 2.05) is 38.1 Å². The van der Waals surface area contributed by atoms with Crippen LogP contribution in [-0.2, 0) is 4.79 Å². The van der Waals surface area contributed by atoms with Gasteiger partial charge in [-0.15, -0.1) is 11.3 Å². The number of ether oxygens (including phenoxy) is 1. The largest absolute Gasteiger partial charge is 0.491 e. The van der Waals surface area contributed by atoms with E-state index < -0.39 is 5.97 Å². The summed E-state index contributed by atoms with van der Waals surface area (Å²) in [5, 5.41) is 11.1. The molecule has 1 aromatic carbocycles. The lowest BCUT2D eigenvalue weighted by Gasteiger charge is -2.14. The molecular formula is C17H20N2O4S. The summed E-state index contributed by atoms with van der Waals surface area (Å²) >= 11 is 1.38. The van der Waals surface area contributed by atoms with Gasteiger partial charge in [0, 0.05) is 24.5 Å². The number of carboxylic acids is 1. The summed E-state index contributed by atoms with van der Waals surface area (Å²) in [6.07, 6.45) is 0.0255. The average Bonchev–Trinajstić information content (AvgIpc) is 3.01. The number of hydrogen-bond donors (Lipinski definition) is 1. The summed E-state index contributed by atoms with van der Waals surface area (Å²) in [6, 6.07) is 7.55. The zero-order valence-electron chi connectivity index (χ0n) is 13.9. The number of aliphatic carboxylic acids is 1. The van der Waals surface area contributed by atoms with Crippen LogP contribution in [0.25, 0.3) is 10.6 Å². The summed E-state index contributed by atoms with van der Waals surface area (Å²) in [5.74, 6) is -0.425. The molecule has 0 fully saturated rings. The first-order valence-corrected chi connectivity index (χ1v) is 8.44. The molecule has 0 aliphatic heterocycles. The third kappa shape index (κ3) is 4.79. The van der Waals surface area contributed by atoms with E-state index in [-0.39, 0.29) is 25.0 Å². The Morgan fingerprint density at radius 2 is 1.96 bits per heavy atom. The molecule has 6 nitrogen and oxygen atoms in total. The molecule has 0 radical (unpaired) electrons. The highest BCUT2D eigenvalue weighted by Gasteiger charge is 2.16. The fourth-order valence-electron chi connectivity index (χ4n) is 2.01. The number of carbonyl (C=O) groups excluding carboxylic acids is 1. The lowest BCUT2D eigenvalue weighted by molar-refractivity contribution is -0.137. The molecule has 1 amide bonds. The molecule has 0 unspecified atom stereocenters. The maximum atomic E-state index is 12.2. The Kier molecular flexibility index (Phi) is 5.92. The van der Waals surface area contributed by atoms with Crippen LogP contribution in [0.15, 0.2) is 29.6 Å². The van der Waals surface area contributed by atoms with Crippen LogP contribution in [0, 0.1) is 0 Å². The molecule has 0 aliphatic rings. The first kappa shape index (κ1) is 17.9. The van der Waals surface area contributed by atoms with Crippen molar-refractivity contribution in [3.05, 3.63) is 35.3 Å². The molecule has 0 saturated heterocycles. The van der Waals surface area contributed by atoms with Gasteiger partial charge in [0.05, 0.1) is 12.5 Å². The summed E-state index contributed by atoms with van der Waals surface area (Å²) < 4.78 is 5.60. The van der Waals surface area contributed by atoms with Gasteiger partial charge in [0.1, 0.15) is 16.5 Å². The highest BCUT2D eigenvalue weighted by molar-refractivity contribution is 7.13. The van der Waals surface area contributed by atoms with E-state index in [9.17, 15) is 9.59 Å². The maximum Gasteiger partial charge on any atom is 0.305 e. The van der Waals surface area contributed by atoms with Gasteiger partial charge in [0.15, 0.2) is 0 Å². The number of hydrogen-bond acceptors (Lipinski definition) is 5. The minimum absolute atomic E-state index is 0.0868. The molecule has 0 spiro atoms. The van der Waals surface area contributed by atoms with Gasteiger partial charge in [0.2, 0.25) is 0 Å². The lowest BCUT2D eigenvalue weighted by Crippen LogP contribution is -2.29. The van der Waals surface area contributed by atoms with Crippen molar-refractivity contribution in [1.29, 1.82) is 0 Å². The number of amides is 1. The summed E-state index contributed by atoms with van der Waals surface area (Å²) in [4.78, 5) is 28.5. The van der Waals surface area contributed by atoms with Crippen LogP contribution < -0.4 is 4.74 Å². The molecule has 128 valence electrons. The van der Waals surface area contributed by atoms with Crippen molar-refractivity contribution in [3.63, 3.8) is 0 Å². The first-order chi connectivity index (χ1) is 11.4. The van der Waals surface area contributed by atoms with E-state index in [0.29, 0.717) is 5.69 Å².